The molecular weight excluding hydrogens is 220 g/mol. The number of rotatable bonds is 3. The van der Waals surface area contributed by atoms with Crippen LogP contribution >= 0.6 is 0 Å². The predicted octanol–water partition coefficient (Wildman–Crippen LogP) is 2.26. The van der Waals surface area contributed by atoms with Gasteiger partial charge in [0.05, 0.1) is 11.3 Å². The number of ether oxygens (including phenoxy) is 1. The molecule has 0 aliphatic carbocycles. The molecule has 0 fully saturated rings. The molecule has 0 spiro atoms. The molecule has 0 bridgehead atoms. The summed E-state index contributed by atoms with van der Waals surface area (Å²) < 4.78 is 5.40. The minimum absolute atomic E-state index is 0.197. The molecule has 90 valence electrons. The zero-order chi connectivity index (χ0) is 12.8. The van der Waals surface area contributed by atoms with Gasteiger partial charge in [-0.25, -0.2) is 9.79 Å². The van der Waals surface area contributed by atoms with Crippen LogP contribution in [0.5, 0.6) is 5.75 Å². The van der Waals surface area contributed by atoms with Gasteiger partial charge in [0, 0.05) is 19.3 Å². The lowest BCUT2D eigenvalue weighted by Gasteiger charge is -2.05. The van der Waals surface area contributed by atoms with Crippen molar-refractivity contribution >= 4 is 11.9 Å². The van der Waals surface area contributed by atoms with Crippen LogP contribution < -0.4 is 4.74 Å². The molecule has 0 aliphatic heterocycles. The second kappa shape index (κ2) is 5.79. The number of hydrogen-bond donors (Lipinski definition) is 1. The first-order chi connectivity index (χ1) is 8.00. The van der Waals surface area contributed by atoms with Crippen molar-refractivity contribution in [1.82, 2.24) is 4.98 Å². The number of carboxylic acids is 1. The molecule has 17 heavy (non-hydrogen) atoms. The van der Waals surface area contributed by atoms with E-state index in [0.29, 0.717) is 17.3 Å². The van der Waals surface area contributed by atoms with E-state index < -0.39 is 5.97 Å². The summed E-state index contributed by atoms with van der Waals surface area (Å²) >= 11 is 0. The minimum Gasteiger partial charge on any atom is -0.478 e. The average Bonchev–Trinajstić information content (AvgIpc) is 2.28. The zero-order valence-electron chi connectivity index (χ0n) is 9.97. The van der Waals surface area contributed by atoms with Crippen LogP contribution in [0.2, 0.25) is 0 Å². The molecule has 5 nitrogen and oxygen atoms in total. The Hall–Kier alpha value is -2.17. The number of allylic oxidation sites excluding steroid dienone is 1. The van der Waals surface area contributed by atoms with Gasteiger partial charge in [-0.05, 0) is 26.0 Å². The van der Waals surface area contributed by atoms with Crippen LogP contribution in [0, 0.1) is 0 Å². The van der Waals surface area contributed by atoms with E-state index in [1.165, 1.54) is 6.92 Å². The number of aliphatic carboxylic acids is 1. The van der Waals surface area contributed by atoms with Gasteiger partial charge in [0.15, 0.2) is 5.90 Å². The number of carbonyl (C=O) groups is 1. The molecule has 1 rings (SSSR count). The Morgan fingerprint density at radius 2 is 1.88 bits per heavy atom. The molecule has 0 radical (unpaired) electrons. The number of aromatic nitrogens is 1. The van der Waals surface area contributed by atoms with Crippen LogP contribution in [-0.4, -0.2) is 22.0 Å². The summed E-state index contributed by atoms with van der Waals surface area (Å²) in [6, 6.07) is 3.39. The highest BCUT2D eigenvalue weighted by Gasteiger charge is 2.05. The fraction of sp³-hybridized carbons (Fsp3) is 0.250. The molecule has 1 N–H and O–H groups in total. The number of hydrogen-bond acceptors (Lipinski definition) is 4. The molecule has 0 aliphatic rings. The lowest BCUT2D eigenvalue weighted by molar-refractivity contribution is -0.132. The van der Waals surface area contributed by atoms with Gasteiger partial charge in [0.1, 0.15) is 5.75 Å². The molecular formula is C12H14N2O3. The number of nitrogens with zero attached hydrogens (tertiary/aromatic N) is 2. The van der Waals surface area contributed by atoms with Gasteiger partial charge in [-0.2, -0.15) is 0 Å². The van der Waals surface area contributed by atoms with E-state index in [-0.39, 0.29) is 5.57 Å². The summed E-state index contributed by atoms with van der Waals surface area (Å²) in [6.07, 6.45) is 3.21. The number of aliphatic imine (C=N–C) groups is 1. The first kappa shape index (κ1) is 12.9. The SMILES string of the molecule is CC(=N/C(C)=C(\C)C(=O)O)Oc1ccncc1. The molecule has 1 aromatic rings. The van der Waals surface area contributed by atoms with Crippen molar-refractivity contribution in [3.63, 3.8) is 0 Å². The predicted molar refractivity (Wildman–Crippen MR) is 64.0 cm³/mol. The minimum atomic E-state index is -0.983. The van der Waals surface area contributed by atoms with Crippen LogP contribution in [0.4, 0.5) is 0 Å². The largest absolute Gasteiger partial charge is 0.478 e. The fourth-order valence-corrected chi connectivity index (χ4v) is 1.07. The second-order valence-corrected chi connectivity index (χ2v) is 3.43. The van der Waals surface area contributed by atoms with E-state index in [4.69, 9.17) is 9.84 Å². The third-order valence-electron chi connectivity index (χ3n) is 2.10. The van der Waals surface area contributed by atoms with E-state index in [0.717, 1.165) is 0 Å². The lowest BCUT2D eigenvalue weighted by atomic mass is 10.2. The van der Waals surface area contributed by atoms with Crippen LogP contribution in [0.1, 0.15) is 20.8 Å². The van der Waals surface area contributed by atoms with Gasteiger partial charge < -0.3 is 9.84 Å². The molecule has 5 heteroatoms. The van der Waals surface area contributed by atoms with Gasteiger partial charge in [-0.15, -0.1) is 0 Å². The van der Waals surface area contributed by atoms with Crippen LogP contribution in [0.3, 0.4) is 0 Å². The topological polar surface area (TPSA) is 71.8 Å². The molecule has 1 heterocycles. The standard InChI is InChI=1S/C12H14N2O3/c1-8(12(15)16)9(2)14-10(3)17-11-4-6-13-7-5-11/h4-7H,1-3H3,(H,15,16)/b9-8+,14-10?. The van der Waals surface area contributed by atoms with Crippen LogP contribution in [-0.2, 0) is 4.79 Å². The molecule has 0 atom stereocenters. The highest BCUT2D eigenvalue weighted by Crippen LogP contribution is 2.10. The molecule has 0 unspecified atom stereocenters. The summed E-state index contributed by atoms with van der Waals surface area (Å²) in [5.41, 5.74) is 0.617. The monoisotopic (exact) mass is 234 g/mol. The summed E-state index contributed by atoms with van der Waals surface area (Å²) in [5.74, 6) is 0.0132. The Bertz CT molecular complexity index is 464. The first-order valence-electron chi connectivity index (χ1n) is 5.04. The Balaban J connectivity index is 2.81. The van der Waals surface area contributed by atoms with Crippen molar-refractivity contribution in [3.8, 4) is 5.75 Å². The van der Waals surface area contributed by atoms with Gasteiger partial charge in [-0.3, -0.25) is 4.98 Å². The van der Waals surface area contributed by atoms with Crippen molar-refractivity contribution in [1.29, 1.82) is 0 Å². The Labute approximate surface area is 99.5 Å². The summed E-state index contributed by atoms with van der Waals surface area (Å²) in [4.78, 5) is 18.6. The highest BCUT2D eigenvalue weighted by atomic mass is 16.5. The zero-order valence-corrected chi connectivity index (χ0v) is 9.97. The third-order valence-corrected chi connectivity index (χ3v) is 2.10. The number of pyridine rings is 1. The van der Waals surface area contributed by atoms with Gasteiger partial charge in [0.25, 0.3) is 0 Å². The van der Waals surface area contributed by atoms with Gasteiger partial charge >= 0.3 is 5.97 Å². The van der Waals surface area contributed by atoms with E-state index in [1.807, 2.05) is 0 Å². The molecule has 0 saturated carbocycles. The lowest BCUT2D eigenvalue weighted by Crippen LogP contribution is -2.05. The second-order valence-electron chi connectivity index (χ2n) is 3.43. The van der Waals surface area contributed by atoms with Crippen molar-refractivity contribution in [3.05, 3.63) is 35.8 Å². The maximum absolute atomic E-state index is 10.7. The summed E-state index contributed by atoms with van der Waals surface area (Å²) in [6.45, 7) is 4.79. The maximum atomic E-state index is 10.7. The highest BCUT2D eigenvalue weighted by molar-refractivity contribution is 5.87. The normalized spacial score (nSPS) is 13.0. The maximum Gasteiger partial charge on any atom is 0.333 e. The van der Waals surface area contributed by atoms with Crippen LogP contribution in [0.25, 0.3) is 0 Å². The Morgan fingerprint density at radius 1 is 1.29 bits per heavy atom. The van der Waals surface area contributed by atoms with E-state index in [2.05, 4.69) is 9.98 Å². The summed E-state index contributed by atoms with van der Waals surface area (Å²) in [5, 5.41) is 8.78. The molecule has 0 aromatic carbocycles. The fourth-order valence-electron chi connectivity index (χ4n) is 1.07. The quantitative estimate of drug-likeness (QED) is 0.494. The molecule has 1 aromatic heterocycles. The van der Waals surface area contributed by atoms with Crippen LogP contribution in [0.15, 0.2) is 40.8 Å². The van der Waals surface area contributed by atoms with Gasteiger partial charge in [0.2, 0.25) is 0 Å². The first-order valence-corrected chi connectivity index (χ1v) is 5.04. The van der Waals surface area contributed by atoms with E-state index >= 15 is 0 Å². The molecule has 0 amide bonds. The molecule has 0 saturated heterocycles. The number of carboxylic acid groups (broad SMARTS) is 1. The smallest absolute Gasteiger partial charge is 0.333 e. The van der Waals surface area contributed by atoms with Crippen molar-refractivity contribution in [2.45, 2.75) is 20.8 Å². The van der Waals surface area contributed by atoms with E-state index in [1.54, 1.807) is 38.4 Å². The summed E-state index contributed by atoms with van der Waals surface area (Å²) in [7, 11) is 0. The third kappa shape index (κ3) is 4.06. The Kier molecular flexibility index (Phi) is 4.39. The Morgan fingerprint density at radius 3 is 2.41 bits per heavy atom. The van der Waals surface area contributed by atoms with Crippen molar-refractivity contribution < 1.29 is 14.6 Å². The average molecular weight is 234 g/mol. The van der Waals surface area contributed by atoms with Crippen molar-refractivity contribution in [2.24, 2.45) is 4.99 Å². The van der Waals surface area contributed by atoms with E-state index in [9.17, 15) is 4.79 Å². The van der Waals surface area contributed by atoms with Crippen molar-refractivity contribution in [2.75, 3.05) is 0 Å². The van der Waals surface area contributed by atoms with Gasteiger partial charge in [-0.1, -0.05) is 0 Å².